The van der Waals surface area contributed by atoms with Crippen LogP contribution in [0.25, 0.3) is 0 Å². The molecule has 0 aromatic carbocycles. The molecule has 7 heteroatoms. The summed E-state index contributed by atoms with van der Waals surface area (Å²) in [4.78, 5) is 4.00. The number of hydrogen-bond donors (Lipinski definition) is 2. The van der Waals surface area contributed by atoms with Crippen LogP contribution in [0, 0.1) is 0 Å². The van der Waals surface area contributed by atoms with E-state index in [0.717, 1.165) is 25.7 Å². The zero-order valence-electron chi connectivity index (χ0n) is 12.1. The molecule has 0 unspecified atom stereocenters. The first-order chi connectivity index (χ1) is 10.1. The molecule has 1 aliphatic rings. The molecule has 0 aliphatic heterocycles. The van der Waals surface area contributed by atoms with Gasteiger partial charge in [0.2, 0.25) is 10.0 Å². The van der Waals surface area contributed by atoms with Crippen molar-refractivity contribution < 1.29 is 13.2 Å². The summed E-state index contributed by atoms with van der Waals surface area (Å²) in [6, 6.07) is 3.44. The number of aromatic nitrogens is 1. The minimum atomic E-state index is -3.46. The van der Waals surface area contributed by atoms with Crippen molar-refractivity contribution >= 4 is 10.0 Å². The van der Waals surface area contributed by atoms with E-state index >= 15 is 0 Å². The van der Waals surface area contributed by atoms with E-state index in [9.17, 15) is 8.42 Å². The highest BCUT2D eigenvalue weighted by molar-refractivity contribution is 7.89. The molecule has 1 aromatic rings. The first-order valence-electron chi connectivity index (χ1n) is 7.35. The summed E-state index contributed by atoms with van der Waals surface area (Å²) in [5, 5.41) is 0. The smallest absolute Gasteiger partial charge is 0.242 e. The van der Waals surface area contributed by atoms with Crippen molar-refractivity contribution in [3.63, 3.8) is 0 Å². The van der Waals surface area contributed by atoms with E-state index in [1.54, 1.807) is 12.3 Å². The van der Waals surface area contributed by atoms with Crippen LogP contribution in [0.1, 0.15) is 32.1 Å². The van der Waals surface area contributed by atoms with Crippen LogP contribution >= 0.6 is 0 Å². The number of nitrogens with one attached hydrogen (secondary N) is 1. The van der Waals surface area contributed by atoms with E-state index in [4.69, 9.17) is 10.5 Å². The van der Waals surface area contributed by atoms with Crippen molar-refractivity contribution in [1.29, 1.82) is 0 Å². The summed E-state index contributed by atoms with van der Waals surface area (Å²) in [7, 11) is -3.46. The summed E-state index contributed by atoms with van der Waals surface area (Å²) in [6.07, 6.45) is 7.84. The minimum Gasteiger partial charge on any atom is -0.378 e. The molecular formula is C14H23N3O3S. The predicted molar refractivity (Wildman–Crippen MR) is 80.2 cm³/mol. The Labute approximate surface area is 126 Å². The molecule has 1 fully saturated rings. The largest absolute Gasteiger partial charge is 0.378 e. The first kappa shape index (κ1) is 16.4. The van der Waals surface area contributed by atoms with E-state index in [0.29, 0.717) is 25.6 Å². The van der Waals surface area contributed by atoms with Crippen LogP contribution in [0.2, 0.25) is 0 Å². The molecule has 1 aliphatic carbocycles. The molecule has 1 saturated carbocycles. The maximum absolute atomic E-state index is 11.9. The molecule has 6 nitrogen and oxygen atoms in total. The average Bonchev–Trinajstić information content (AvgIpc) is 2.50. The van der Waals surface area contributed by atoms with Crippen LogP contribution in [-0.2, 0) is 14.8 Å². The highest BCUT2D eigenvalue weighted by atomic mass is 32.2. The van der Waals surface area contributed by atoms with Gasteiger partial charge in [0, 0.05) is 31.6 Å². The molecule has 1 heterocycles. The Morgan fingerprint density at radius 1 is 1.33 bits per heavy atom. The molecule has 2 rings (SSSR count). The SMILES string of the molecule is NC1CCC(OCCCNS(=O)(=O)c2cccnc2)CC1. The third kappa shape index (κ3) is 5.35. The monoisotopic (exact) mass is 313 g/mol. The van der Waals surface area contributed by atoms with E-state index in [-0.39, 0.29) is 11.0 Å². The van der Waals surface area contributed by atoms with Crippen molar-refractivity contribution in [2.45, 2.75) is 49.1 Å². The molecular weight excluding hydrogens is 290 g/mol. The lowest BCUT2D eigenvalue weighted by atomic mass is 9.94. The second-order valence-corrected chi connectivity index (χ2v) is 7.11. The van der Waals surface area contributed by atoms with Gasteiger partial charge >= 0.3 is 0 Å². The van der Waals surface area contributed by atoms with Gasteiger partial charge in [-0.25, -0.2) is 13.1 Å². The first-order valence-corrected chi connectivity index (χ1v) is 8.83. The minimum absolute atomic E-state index is 0.187. The maximum Gasteiger partial charge on any atom is 0.242 e. The second-order valence-electron chi connectivity index (χ2n) is 5.35. The van der Waals surface area contributed by atoms with Crippen LogP contribution in [0.5, 0.6) is 0 Å². The van der Waals surface area contributed by atoms with E-state index in [1.165, 1.54) is 12.3 Å². The Morgan fingerprint density at radius 2 is 2.10 bits per heavy atom. The number of ether oxygens (including phenoxy) is 1. The highest BCUT2D eigenvalue weighted by Gasteiger charge is 2.18. The quantitative estimate of drug-likeness (QED) is 0.733. The molecule has 0 radical (unpaired) electrons. The Bertz CT molecular complexity index is 514. The topological polar surface area (TPSA) is 94.3 Å². The van der Waals surface area contributed by atoms with Crippen molar-refractivity contribution in [2.75, 3.05) is 13.2 Å². The van der Waals surface area contributed by atoms with Crippen molar-refractivity contribution in [2.24, 2.45) is 5.73 Å². The second kappa shape index (κ2) is 7.84. The number of nitrogens with two attached hydrogens (primary N) is 1. The molecule has 118 valence electrons. The summed E-state index contributed by atoms with van der Waals surface area (Å²) >= 11 is 0. The highest BCUT2D eigenvalue weighted by Crippen LogP contribution is 2.19. The van der Waals surface area contributed by atoms with Crippen LogP contribution in [0.4, 0.5) is 0 Å². The Balaban J connectivity index is 1.64. The lowest BCUT2D eigenvalue weighted by Gasteiger charge is -2.26. The fourth-order valence-corrected chi connectivity index (χ4v) is 3.41. The number of rotatable bonds is 7. The van der Waals surface area contributed by atoms with Crippen molar-refractivity contribution in [1.82, 2.24) is 9.71 Å². The van der Waals surface area contributed by atoms with Crippen LogP contribution in [0.15, 0.2) is 29.4 Å². The van der Waals surface area contributed by atoms with Gasteiger partial charge < -0.3 is 10.5 Å². The normalized spacial score (nSPS) is 23.1. The van der Waals surface area contributed by atoms with Crippen LogP contribution in [-0.4, -0.2) is 38.7 Å². The fourth-order valence-electron chi connectivity index (χ4n) is 2.37. The van der Waals surface area contributed by atoms with Crippen molar-refractivity contribution in [3.8, 4) is 0 Å². The zero-order chi connectivity index (χ0) is 15.1. The summed E-state index contributed by atoms with van der Waals surface area (Å²) in [5.41, 5.74) is 5.84. The van der Waals surface area contributed by atoms with Gasteiger partial charge in [0.25, 0.3) is 0 Å². The summed E-state index contributed by atoms with van der Waals surface area (Å²) in [5.74, 6) is 0. The van der Waals surface area contributed by atoms with E-state index < -0.39 is 10.0 Å². The van der Waals surface area contributed by atoms with Gasteiger partial charge in [-0.05, 0) is 44.2 Å². The Hall–Kier alpha value is -1.02. The summed E-state index contributed by atoms with van der Waals surface area (Å²) < 4.78 is 32.2. The third-order valence-electron chi connectivity index (χ3n) is 3.63. The van der Waals surface area contributed by atoms with Gasteiger partial charge in [-0.15, -0.1) is 0 Å². The molecule has 0 bridgehead atoms. The molecule has 3 N–H and O–H groups in total. The lowest BCUT2D eigenvalue weighted by molar-refractivity contribution is 0.0245. The molecule has 0 amide bonds. The van der Waals surface area contributed by atoms with Gasteiger partial charge in [0.05, 0.1) is 6.10 Å². The van der Waals surface area contributed by atoms with Gasteiger partial charge in [0.1, 0.15) is 4.90 Å². The Kier molecular flexibility index (Phi) is 6.10. The van der Waals surface area contributed by atoms with Crippen molar-refractivity contribution in [3.05, 3.63) is 24.5 Å². The van der Waals surface area contributed by atoms with E-state index in [1.807, 2.05) is 0 Å². The number of hydrogen-bond acceptors (Lipinski definition) is 5. The maximum atomic E-state index is 11.9. The fraction of sp³-hybridized carbons (Fsp3) is 0.643. The predicted octanol–water partition coefficient (Wildman–Crippen LogP) is 1.04. The zero-order valence-corrected chi connectivity index (χ0v) is 12.9. The van der Waals surface area contributed by atoms with Gasteiger partial charge in [-0.3, -0.25) is 4.98 Å². The third-order valence-corrected chi connectivity index (χ3v) is 5.08. The van der Waals surface area contributed by atoms with Gasteiger partial charge in [0.15, 0.2) is 0 Å². The van der Waals surface area contributed by atoms with Crippen LogP contribution < -0.4 is 10.5 Å². The number of nitrogens with zero attached hydrogens (tertiary/aromatic N) is 1. The Morgan fingerprint density at radius 3 is 2.76 bits per heavy atom. The van der Waals surface area contributed by atoms with E-state index in [2.05, 4.69) is 9.71 Å². The molecule has 21 heavy (non-hydrogen) atoms. The molecule has 1 aromatic heterocycles. The average molecular weight is 313 g/mol. The van der Waals surface area contributed by atoms with Gasteiger partial charge in [-0.1, -0.05) is 0 Å². The summed E-state index contributed by atoms with van der Waals surface area (Å²) in [6.45, 7) is 0.929. The molecule has 0 saturated heterocycles. The standard InChI is InChI=1S/C14H23N3O3S/c15-12-4-6-13(7-5-12)20-10-2-9-17-21(18,19)14-3-1-8-16-11-14/h1,3,8,11-13,17H,2,4-7,9-10,15H2. The molecule has 0 atom stereocenters. The molecule has 0 spiro atoms. The number of pyridine rings is 1. The lowest BCUT2D eigenvalue weighted by Crippen LogP contribution is -2.31. The van der Waals surface area contributed by atoms with Gasteiger partial charge in [-0.2, -0.15) is 0 Å². The number of sulfonamides is 1. The van der Waals surface area contributed by atoms with Crippen LogP contribution in [0.3, 0.4) is 0 Å².